The summed E-state index contributed by atoms with van der Waals surface area (Å²) in [5.41, 5.74) is 3.44. The maximum absolute atomic E-state index is 13.0. The SMILES string of the molecule is O=C(c1ccccc1)c1ccc2c(c1)oc1c(C(=O)c3ccccc3)cccc12. The van der Waals surface area contributed by atoms with E-state index in [-0.39, 0.29) is 11.6 Å². The van der Waals surface area contributed by atoms with Gasteiger partial charge < -0.3 is 4.42 Å². The Morgan fingerprint density at radius 1 is 0.552 bits per heavy atom. The van der Waals surface area contributed by atoms with E-state index in [1.54, 1.807) is 42.5 Å². The van der Waals surface area contributed by atoms with Crippen molar-refractivity contribution in [2.45, 2.75) is 0 Å². The molecule has 0 spiro atoms. The van der Waals surface area contributed by atoms with Crippen LogP contribution in [0.1, 0.15) is 31.8 Å². The second-order valence-electron chi connectivity index (χ2n) is 6.89. The molecular weight excluding hydrogens is 360 g/mol. The lowest BCUT2D eigenvalue weighted by atomic mass is 9.99. The Kier molecular flexibility index (Phi) is 4.07. The van der Waals surface area contributed by atoms with Crippen molar-refractivity contribution in [3.63, 3.8) is 0 Å². The molecule has 4 aromatic carbocycles. The van der Waals surface area contributed by atoms with Crippen molar-refractivity contribution >= 4 is 33.5 Å². The number of hydrogen-bond donors (Lipinski definition) is 0. The maximum Gasteiger partial charge on any atom is 0.196 e. The maximum atomic E-state index is 13.0. The topological polar surface area (TPSA) is 47.3 Å². The van der Waals surface area contributed by atoms with Gasteiger partial charge in [0.2, 0.25) is 0 Å². The van der Waals surface area contributed by atoms with Crippen molar-refractivity contribution in [1.82, 2.24) is 0 Å². The molecule has 0 saturated carbocycles. The average Bonchev–Trinajstić information content (AvgIpc) is 3.17. The lowest BCUT2D eigenvalue weighted by Gasteiger charge is -2.01. The van der Waals surface area contributed by atoms with Crippen LogP contribution in [0.4, 0.5) is 0 Å². The highest BCUT2D eigenvalue weighted by molar-refractivity contribution is 6.19. The molecule has 0 aliphatic carbocycles. The molecule has 1 aromatic heterocycles. The van der Waals surface area contributed by atoms with Crippen LogP contribution in [0, 0.1) is 0 Å². The monoisotopic (exact) mass is 376 g/mol. The number of rotatable bonds is 4. The van der Waals surface area contributed by atoms with E-state index in [9.17, 15) is 9.59 Å². The lowest BCUT2D eigenvalue weighted by molar-refractivity contribution is 0.103. The summed E-state index contributed by atoms with van der Waals surface area (Å²) in [4.78, 5) is 25.8. The van der Waals surface area contributed by atoms with Gasteiger partial charge in [-0.25, -0.2) is 0 Å². The number of furan rings is 1. The van der Waals surface area contributed by atoms with E-state index < -0.39 is 0 Å². The Bertz CT molecular complexity index is 1360. The van der Waals surface area contributed by atoms with E-state index in [0.29, 0.717) is 33.4 Å². The highest BCUT2D eigenvalue weighted by Crippen LogP contribution is 2.32. The summed E-state index contributed by atoms with van der Waals surface area (Å²) in [6.45, 7) is 0. The van der Waals surface area contributed by atoms with Gasteiger partial charge in [-0.1, -0.05) is 78.9 Å². The van der Waals surface area contributed by atoms with Gasteiger partial charge in [0.05, 0.1) is 5.56 Å². The summed E-state index contributed by atoms with van der Waals surface area (Å²) >= 11 is 0. The fraction of sp³-hybridized carbons (Fsp3) is 0. The van der Waals surface area contributed by atoms with Crippen LogP contribution in [0.2, 0.25) is 0 Å². The minimum Gasteiger partial charge on any atom is -0.455 e. The van der Waals surface area contributed by atoms with Gasteiger partial charge in [0.25, 0.3) is 0 Å². The molecule has 0 atom stereocenters. The molecular formula is C26H16O3. The third-order valence-electron chi connectivity index (χ3n) is 5.08. The van der Waals surface area contributed by atoms with Crippen molar-refractivity contribution in [3.05, 3.63) is 119 Å². The van der Waals surface area contributed by atoms with Gasteiger partial charge in [0, 0.05) is 27.5 Å². The van der Waals surface area contributed by atoms with Gasteiger partial charge in [0.1, 0.15) is 11.2 Å². The molecule has 3 heteroatoms. The number of carbonyl (C=O) groups is 2. The van der Waals surface area contributed by atoms with Crippen LogP contribution >= 0.6 is 0 Å². The van der Waals surface area contributed by atoms with Gasteiger partial charge in [-0.2, -0.15) is 0 Å². The lowest BCUT2D eigenvalue weighted by Crippen LogP contribution is -2.00. The van der Waals surface area contributed by atoms with Crippen molar-refractivity contribution < 1.29 is 14.0 Å². The molecule has 0 unspecified atom stereocenters. The fourth-order valence-corrected chi connectivity index (χ4v) is 3.62. The predicted molar refractivity (Wildman–Crippen MR) is 113 cm³/mol. The predicted octanol–water partition coefficient (Wildman–Crippen LogP) is 6.05. The Morgan fingerprint density at radius 2 is 1.21 bits per heavy atom. The first kappa shape index (κ1) is 17.1. The molecule has 3 nitrogen and oxygen atoms in total. The average molecular weight is 376 g/mol. The molecule has 0 aliphatic heterocycles. The van der Waals surface area contributed by atoms with Crippen LogP contribution < -0.4 is 0 Å². The summed E-state index contributed by atoms with van der Waals surface area (Å²) in [5, 5.41) is 1.74. The van der Waals surface area contributed by atoms with Crippen molar-refractivity contribution in [1.29, 1.82) is 0 Å². The van der Waals surface area contributed by atoms with Crippen LogP contribution in [-0.2, 0) is 0 Å². The number of hydrogen-bond acceptors (Lipinski definition) is 3. The molecule has 0 amide bonds. The molecule has 5 aromatic rings. The van der Waals surface area contributed by atoms with E-state index in [1.165, 1.54) is 0 Å². The quantitative estimate of drug-likeness (QED) is 0.359. The van der Waals surface area contributed by atoms with Crippen molar-refractivity contribution in [3.8, 4) is 0 Å². The van der Waals surface area contributed by atoms with Crippen LogP contribution in [0.5, 0.6) is 0 Å². The summed E-state index contributed by atoms with van der Waals surface area (Å²) in [7, 11) is 0. The molecule has 0 fully saturated rings. The van der Waals surface area contributed by atoms with Gasteiger partial charge in [-0.05, 0) is 18.2 Å². The Balaban J connectivity index is 1.64. The summed E-state index contributed by atoms with van der Waals surface area (Å²) in [6.07, 6.45) is 0. The first-order chi connectivity index (χ1) is 14.2. The zero-order valence-corrected chi connectivity index (χ0v) is 15.5. The molecule has 29 heavy (non-hydrogen) atoms. The first-order valence-corrected chi connectivity index (χ1v) is 9.37. The van der Waals surface area contributed by atoms with Gasteiger partial charge in [0.15, 0.2) is 11.6 Å². The molecule has 0 radical (unpaired) electrons. The molecule has 1 heterocycles. The second-order valence-corrected chi connectivity index (χ2v) is 6.89. The molecule has 0 aliphatic rings. The largest absolute Gasteiger partial charge is 0.455 e. The molecule has 0 N–H and O–H groups in total. The standard InChI is InChI=1S/C26H16O3/c27-24(17-8-3-1-4-9-17)19-14-15-20-21-12-7-13-22(26(21)29-23(20)16-19)25(28)18-10-5-2-6-11-18/h1-16H. The number of fused-ring (bicyclic) bond motifs is 3. The first-order valence-electron chi connectivity index (χ1n) is 9.37. The zero-order chi connectivity index (χ0) is 19.8. The van der Waals surface area contributed by atoms with E-state index in [2.05, 4.69) is 0 Å². The Hall–Kier alpha value is -3.98. The summed E-state index contributed by atoms with van der Waals surface area (Å²) < 4.78 is 6.08. The number of ketones is 2. The fourth-order valence-electron chi connectivity index (χ4n) is 3.62. The van der Waals surface area contributed by atoms with Crippen LogP contribution in [0.3, 0.4) is 0 Å². The van der Waals surface area contributed by atoms with E-state index in [4.69, 9.17) is 4.42 Å². The van der Waals surface area contributed by atoms with E-state index in [0.717, 1.165) is 10.8 Å². The highest BCUT2D eigenvalue weighted by Gasteiger charge is 2.18. The Labute approximate surface area is 167 Å². The Morgan fingerprint density at radius 3 is 1.90 bits per heavy atom. The van der Waals surface area contributed by atoms with Gasteiger partial charge >= 0.3 is 0 Å². The van der Waals surface area contributed by atoms with Crippen molar-refractivity contribution in [2.24, 2.45) is 0 Å². The van der Waals surface area contributed by atoms with Gasteiger partial charge in [-0.3, -0.25) is 9.59 Å². The van der Waals surface area contributed by atoms with E-state index >= 15 is 0 Å². The van der Waals surface area contributed by atoms with Gasteiger partial charge in [-0.15, -0.1) is 0 Å². The smallest absolute Gasteiger partial charge is 0.196 e. The van der Waals surface area contributed by atoms with Crippen LogP contribution in [0.25, 0.3) is 21.9 Å². The minimum atomic E-state index is -0.0872. The summed E-state index contributed by atoms with van der Waals surface area (Å²) in [5.74, 6) is -0.149. The molecule has 138 valence electrons. The third-order valence-corrected chi connectivity index (χ3v) is 5.08. The highest BCUT2D eigenvalue weighted by atomic mass is 16.3. The van der Waals surface area contributed by atoms with Crippen LogP contribution in [-0.4, -0.2) is 11.6 Å². The number of benzene rings is 4. The zero-order valence-electron chi connectivity index (χ0n) is 15.5. The molecule has 0 bridgehead atoms. The minimum absolute atomic E-state index is 0.0615. The summed E-state index contributed by atoms with van der Waals surface area (Å²) in [6, 6.07) is 29.3. The normalized spacial score (nSPS) is 11.0. The number of para-hydroxylation sites is 1. The molecule has 5 rings (SSSR count). The third kappa shape index (κ3) is 2.93. The second kappa shape index (κ2) is 6.88. The van der Waals surface area contributed by atoms with E-state index in [1.807, 2.05) is 54.6 Å². The molecule has 0 saturated heterocycles. The van der Waals surface area contributed by atoms with Crippen LogP contribution in [0.15, 0.2) is 101 Å². The number of carbonyl (C=O) groups excluding carboxylic acids is 2. The van der Waals surface area contributed by atoms with Crippen molar-refractivity contribution in [2.75, 3.05) is 0 Å².